The fourth-order valence-electron chi connectivity index (χ4n) is 3.38. The van der Waals surface area contributed by atoms with Gasteiger partial charge >= 0.3 is 0 Å². The van der Waals surface area contributed by atoms with Gasteiger partial charge in [-0.2, -0.15) is 0 Å². The smallest absolute Gasteiger partial charge is 0.176 e. The third kappa shape index (κ3) is 4.22. The van der Waals surface area contributed by atoms with E-state index in [-0.39, 0.29) is 11.9 Å². The van der Waals surface area contributed by atoms with Crippen molar-refractivity contribution in [3.63, 3.8) is 0 Å². The third-order valence-electron chi connectivity index (χ3n) is 5.12. The molecule has 0 aliphatic heterocycles. The van der Waals surface area contributed by atoms with E-state index in [9.17, 15) is 8.78 Å². The Labute approximate surface area is 178 Å². The lowest BCUT2D eigenvalue weighted by molar-refractivity contribution is 0.103. The first-order valence-electron chi connectivity index (χ1n) is 9.78. The molecule has 160 valence electrons. The van der Waals surface area contributed by atoms with E-state index in [2.05, 4.69) is 4.98 Å². The lowest BCUT2D eigenvalue weighted by atomic mass is 10.0. The topological polar surface area (TPSA) is 49.4 Å². The molecular formula is C24H22F2N2O3. The Morgan fingerprint density at radius 3 is 2.35 bits per heavy atom. The first kappa shape index (κ1) is 20.8. The first-order chi connectivity index (χ1) is 15.0. The summed E-state index contributed by atoms with van der Waals surface area (Å²) in [4.78, 5) is 4.35. The highest BCUT2D eigenvalue weighted by Gasteiger charge is 2.16. The monoisotopic (exact) mass is 424 g/mol. The van der Waals surface area contributed by atoms with Gasteiger partial charge < -0.3 is 18.5 Å². The second-order valence-corrected chi connectivity index (χ2v) is 7.16. The van der Waals surface area contributed by atoms with Crippen LogP contribution in [0.15, 0.2) is 65.3 Å². The van der Waals surface area contributed by atoms with E-state index >= 15 is 0 Å². The third-order valence-corrected chi connectivity index (χ3v) is 5.12. The van der Waals surface area contributed by atoms with E-state index in [4.69, 9.17) is 13.9 Å². The number of ether oxygens (including phenoxy) is 2. The molecule has 1 atom stereocenters. The summed E-state index contributed by atoms with van der Waals surface area (Å²) in [6.45, 7) is 2.58. The minimum absolute atomic E-state index is 0.00941. The Hall–Kier alpha value is -3.45. The second kappa shape index (κ2) is 8.73. The van der Waals surface area contributed by atoms with Crippen molar-refractivity contribution in [2.45, 2.75) is 19.6 Å². The largest absolute Gasteiger partial charge is 0.494 e. The molecule has 0 radical (unpaired) electrons. The first-order valence-corrected chi connectivity index (χ1v) is 9.78. The summed E-state index contributed by atoms with van der Waals surface area (Å²) in [5, 5.41) is 0. The number of hydrogen-bond acceptors (Lipinski definition) is 4. The number of methoxy groups -OCH3 is 2. The summed E-state index contributed by atoms with van der Waals surface area (Å²) in [6, 6.07) is 12.7. The van der Waals surface area contributed by atoms with E-state index in [1.165, 1.54) is 25.3 Å². The number of halogens is 2. The molecule has 1 unspecified atom stereocenters. The van der Waals surface area contributed by atoms with Gasteiger partial charge in [0.15, 0.2) is 23.2 Å². The Morgan fingerprint density at radius 1 is 0.968 bits per heavy atom. The Balaban J connectivity index is 1.61. The summed E-state index contributed by atoms with van der Waals surface area (Å²) in [7, 11) is 3.05. The molecule has 2 aromatic carbocycles. The summed E-state index contributed by atoms with van der Waals surface area (Å²) < 4.78 is 47.0. The zero-order valence-corrected chi connectivity index (χ0v) is 17.4. The van der Waals surface area contributed by atoms with Gasteiger partial charge in [-0.15, -0.1) is 0 Å². The van der Waals surface area contributed by atoms with Crippen molar-refractivity contribution in [1.82, 2.24) is 9.55 Å². The maximum Gasteiger partial charge on any atom is 0.176 e. The average molecular weight is 424 g/mol. The molecule has 0 fully saturated rings. The molecule has 0 spiro atoms. The van der Waals surface area contributed by atoms with Crippen LogP contribution in [0.5, 0.6) is 5.75 Å². The number of hydrogen-bond donors (Lipinski definition) is 0. The lowest BCUT2D eigenvalue weighted by Crippen LogP contribution is -2.14. The van der Waals surface area contributed by atoms with Crippen molar-refractivity contribution in [2.75, 3.05) is 14.2 Å². The quantitative estimate of drug-likeness (QED) is 0.376. The van der Waals surface area contributed by atoms with Crippen molar-refractivity contribution in [1.29, 1.82) is 0 Å². The molecule has 0 saturated heterocycles. The molecule has 0 bridgehead atoms. The van der Waals surface area contributed by atoms with Gasteiger partial charge in [0, 0.05) is 19.5 Å². The highest BCUT2D eigenvalue weighted by molar-refractivity contribution is 5.70. The second-order valence-electron chi connectivity index (χ2n) is 7.16. The van der Waals surface area contributed by atoms with Crippen LogP contribution in [0.2, 0.25) is 0 Å². The molecule has 0 amide bonds. The Morgan fingerprint density at radius 2 is 1.68 bits per heavy atom. The molecule has 0 saturated carbocycles. The number of benzene rings is 2. The summed E-state index contributed by atoms with van der Waals surface area (Å²) in [5.74, 6) is 0.728. The minimum Gasteiger partial charge on any atom is -0.494 e. The van der Waals surface area contributed by atoms with E-state index in [1.54, 1.807) is 43.6 Å². The van der Waals surface area contributed by atoms with Crippen molar-refractivity contribution in [3.05, 3.63) is 72.6 Å². The minimum atomic E-state index is -0.501. The van der Waals surface area contributed by atoms with Crippen LogP contribution < -0.4 is 4.74 Å². The SMILES string of the molecule is COc1ccc(-c2ccc(-c3ccc(-c4nccn4CC(C)OC)o3)c(F)c2)cc1F. The highest BCUT2D eigenvalue weighted by atomic mass is 19.1. The molecule has 7 heteroatoms. The normalized spacial score (nSPS) is 12.2. The number of imidazole rings is 1. The predicted molar refractivity (Wildman–Crippen MR) is 114 cm³/mol. The molecule has 2 aromatic heterocycles. The highest BCUT2D eigenvalue weighted by Crippen LogP contribution is 2.33. The van der Waals surface area contributed by atoms with Crippen LogP contribution in [0, 0.1) is 11.6 Å². The van der Waals surface area contributed by atoms with Gasteiger partial charge in [0.25, 0.3) is 0 Å². The summed E-state index contributed by atoms with van der Waals surface area (Å²) in [5.41, 5.74) is 1.42. The molecule has 0 N–H and O–H groups in total. The van der Waals surface area contributed by atoms with Crippen molar-refractivity contribution in [2.24, 2.45) is 0 Å². The van der Waals surface area contributed by atoms with E-state index in [0.29, 0.717) is 40.6 Å². The van der Waals surface area contributed by atoms with Crippen LogP contribution in [-0.4, -0.2) is 29.9 Å². The van der Waals surface area contributed by atoms with Gasteiger partial charge in [-0.1, -0.05) is 12.1 Å². The summed E-state index contributed by atoms with van der Waals surface area (Å²) >= 11 is 0. The zero-order valence-electron chi connectivity index (χ0n) is 17.4. The van der Waals surface area contributed by atoms with Crippen LogP contribution in [0.3, 0.4) is 0 Å². The molecular weight excluding hydrogens is 402 g/mol. The molecule has 4 aromatic rings. The molecule has 31 heavy (non-hydrogen) atoms. The predicted octanol–water partition coefficient (Wildman–Crippen LogP) is 5.80. The van der Waals surface area contributed by atoms with Gasteiger partial charge in [0.1, 0.15) is 11.6 Å². The van der Waals surface area contributed by atoms with Crippen molar-refractivity contribution in [3.8, 4) is 39.8 Å². The zero-order chi connectivity index (χ0) is 22.0. The van der Waals surface area contributed by atoms with Gasteiger partial charge in [-0.25, -0.2) is 13.8 Å². The lowest BCUT2D eigenvalue weighted by Gasteiger charge is -2.11. The number of aromatic nitrogens is 2. The molecule has 4 rings (SSSR count). The van der Waals surface area contributed by atoms with E-state index < -0.39 is 11.6 Å². The van der Waals surface area contributed by atoms with Gasteiger partial charge in [0.2, 0.25) is 0 Å². The molecule has 0 aliphatic rings. The molecule has 2 heterocycles. The molecule has 5 nitrogen and oxygen atoms in total. The number of rotatable bonds is 7. The van der Waals surface area contributed by atoms with Crippen LogP contribution in [0.4, 0.5) is 8.78 Å². The van der Waals surface area contributed by atoms with Gasteiger partial charge in [-0.05, 0) is 54.4 Å². The summed E-state index contributed by atoms with van der Waals surface area (Å²) in [6.07, 6.45) is 3.54. The fourth-order valence-corrected chi connectivity index (χ4v) is 3.38. The van der Waals surface area contributed by atoms with E-state index in [0.717, 1.165) is 0 Å². The van der Waals surface area contributed by atoms with Crippen molar-refractivity contribution < 1.29 is 22.7 Å². The fraction of sp³-hybridized carbons (Fsp3) is 0.208. The van der Waals surface area contributed by atoms with Gasteiger partial charge in [0.05, 0.1) is 25.3 Å². The maximum atomic E-state index is 14.9. The Bertz CT molecular complexity index is 1200. The Kier molecular flexibility index (Phi) is 5.86. The van der Waals surface area contributed by atoms with Gasteiger partial charge in [-0.3, -0.25) is 0 Å². The number of nitrogens with zero attached hydrogens (tertiary/aromatic N) is 2. The van der Waals surface area contributed by atoms with E-state index in [1.807, 2.05) is 17.7 Å². The van der Waals surface area contributed by atoms with Crippen LogP contribution in [0.25, 0.3) is 34.0 Å². The number of furan rings is 1. The maximum absolute atomic E-state index is 14.9. The van der Waals surface area contributed by atoms with Crippen molar-refractivity contribution >= 4 is 0 Å². The van der Waals surface area contributed by atoms with Crippen LogP contribution >= 0.6 is 0 Å². The van der Waals surface area contributed by atoms with Crippen LogP contribution in [-0.2, 0) is 11.3 Å². The average Bonchev–Trinajstić information content (AvgIpc) is 3.43. The van der Waals surface area contributed by atoms with Crippen LogP contribution in [0.1, 0.15) is 6.92 Å². The molecule has 0 aliphatic carbocycles. The standard InChI is InChI=1S/C24H22F2N2O3/c1-15(29-2)14-28-11-10-27-24(28)23-9-8-21(31-23)18-6-4-16(12-19(18)25)17-5-7-22(30-3)20(26)13-17/h4-13,15H,14H2,1-3H3.